The summed E-state index contributed by atoms with van der Waals surface area (Å²) < 4.78 is 3.42. The van der Waals surface area contributed by atoms with Gasteiger partial charge < -0.3 is 9.72 Å². The van der Waals surface area contributed by atoms with Crippen molar-refractivity contribution in [3.8, 4) is 0 Å². The second kappa shape index (κ2) is 6.72. The number of thiazole rings is 1. The zero-order valence-electron chi connectivity index (χ0n) is 14.7. The number of anilines is 1. The largest absolute Gasteiger partial charge is 0.359 e. The molecule has 26 heavy (non-hydrogen) atoms. The molecule has 0 aliphatic heterocycles. The van der Waals surface area contributed by atoms with Crippen LogP contribution < -0.4 is 5.32 Å². The molecule has 0 unspecified atom stereocenters. The maximum atomic E-state index is 4.78. The topological polar surface area (TPSA) is 42.2 Å². The van der Waals surface area contributed by atoms with Crippen LogP contribution in [0.4, 0.5) is 5.13 Å². The highest BCUT2D eigenvalue weighted by Gasteiger charge is 2.15. The van der Waals surface area contributed by atoms with Crippen LogP contribution in [-0.4, -0.2) is 20.4 Å². The summed E-state index contributed by atoms with van der Waals surface area (Å²) in [5.74, 6) is 0. The molecule has 1 aliphatic rings. The fourth-order valence-electron chi connectivity index (χ4n) is 3.89. The molecule has 0 saturated heterocycles. The molecule has 0 bridgehead atoms. The molecule has 1 N–H and O–H groups in total. The summed E-state index contributed by atoms with van der Waals surface area (Å²) in [5.41, 5.74) is 4.61. The van der Waals surface area contributed by atoms with Gasteiger partial charge in [-0.15, -0.1) is 0 Å². The van der Waals surface area contributed by atoms with Gasteiger partial charge in [0.1, 0.15) is 5.65 Å². The number of hydrogen-bond acceptors (Lipinski definition) is 4. The normalized spacial score (nSPS) is 15.7. The van der Waals surface area contributed by atoms with Gasteiger partial charge in [0.2, 0.25) is 0 Å². The zero-order chi connectivity index (χ0) is 17.3. The standard InChI is InChI=1S/C21H22N4S/c1-2-6-16(7-3-1)23-21-24-18-10-9-15(13-19(18)26-21)12-17-14-22-20-8-4-5-11-25(17)20/h4-5,8-11,13-14,16H,1-3,6-7,12H2,(H,23,24). The fourth-order valence-corrected chi connectivity index (χ4v) is 4.89. The van der Waals surface area contributed by atoms with E-state index in [1.54, 1.807) is 11.3 Å². The van der Waals surface area contributed by atoms with Crippen molar-refractivity contribution in [1.82, 2.24) is 14.4 Å². The lowest BCUT2D eigenvalue weighted by atomic mass is 9.96. The van der Waals surface area contributed by atoms with Gasteiger partial charge in [-0.1, -0.05) is 42.7 Å². The third-order valence-corrected chi connectivity index (χ3v) is 6.21. The van der Waals surface area contributed by atoms with Gasteiger partial charge in [-0.2, -0.15) is 0 Å². The first kappa shape index (κ1) is 15.8. The summed E-state index contributed by atoms with van der Waals surface area (Å²) in [6.07, 6.45) is 11.5. The molecule has 0 atom stereocenters. The number of nitrogens with zero attached hydrogens (tertiary/aromatic N) is 3. The highest BCUT2D eigenvalue weighted by molar-refractivity contribution is 7.22. The highest BCUT2D eigenvalue weighted by atomic mass is 32.1. The van der Waals surface area contributed by atoms with Crippen molar-refractivity contribution in [2.45, 2.75) is 44.6 Å². The summed E-state index contributed by atoms with van der Waals surface area (Å²) >= 11 is 1.78. The Morgan fingerprint density at radius 3 is 2.96 bits per heavy atom. The van der Waals surface area contributed by atoms with E-state index in [4.69, 9.17) is 4.98 Å². The van der Waals surface area contributed by atoms with E-state index < -0.39 is 0 Å². The van der Waals surface area contributed by atoms with Gasteiger partial charge in [-0.25, -0.2) is 9.97 Å². The fraction of sp³-hybridized carbons (Fsp3) is 0.333. The van der Waals surface area contributed by atoms with Crippen LogP contribution in [0.2, 0.25) is 0 Å². The van der Waals surface area contributed by atoms with Crippen molar-refractivity contribution >= 4 is 32.3 Å². The van der Waals surface area contributed by atoms with Gasteiger partial charge in [0.15, 0.2) is 5.13 Å². The average molecular weight is 363 g/mol. The van der Waals surface area contributed by atoms with E-state index in [1.807, 2.05) is 24.4 Å². The molecule has 3 aromatic heterocycles. The van der Waals surface area contributed by atoms with E-state index in [2.05, 4.69) is 39.1 Å². The predicted octanol–water partition coefficient (Wildman–Crippen LogP) is 5.28. The van der Waals surface area contributed by atoms with Crippen LogP contribution in [0, 0.1) is 0 Å². The first-order valence-electron chi connectivity index (χ1n) is 9.42. The molecule has 3 heterocycles. The lowest BCUT2D eigenvalue weighted by Gasteiger charge is -2.22. The van der Waals surface area contributed by atoms with Crippen LogP contribution in [0.5, 0.6) is 0 Å². The van der Waals surface area contributed by atoms with Gasteiger partial charge >= 0.3 is 0 Å². The van der Waals surface area contributed by atoms with Crippen molar-refractivity contribution in [3.63, 3.8) is 0 Å². The Kier molecular flexibility index (Phi) is 4.09. The van der Waals surface area contributed by atoms with Crippen molar-refractivity contribution in [3.05, 3.63) is 60.0 Å². The number of nitrogens with one attached hydrogen (secondary N) is 1. The van der Waals surface area contributed by atoms with Crippen LogP contribution in [0.3, 0.4) is 0 Å². The summed E-state index contributed by atoms with van der Waals surface area (Å²) in [6.45, 7) is 0. The van der Waals surface area contributed by atoms with Gasteiger partial charge in [0.25, 0.3) is 0 Å². The van der Waals surface area contributed by atoms with Crippen molar-refractivity contribution in [1.29, 1.82) is 0 Å². The van der Waals surface area contributed by atoms with E-state index in [0.717, 1.165) is 22.7 Å². The molecule has 1 saturated carbocycles. The van der Waals surface area contributed by atoms with Crippen molar-refractivity contribution in [2.24, 2.45) is 0 Å². The van der Waals surface area contributed by atoms with Gasteiger partial charge in [0, 0.05) is 30.6 Å². The van der Waals surface area contributed by atoms with Crippen molar-refractivity contribution in [2.75, 3.05) is 5.32 Å². The summed E-state index contributed by atoms with van der Waals surface area (Å²) in [6, 6.07) is 13.3. The Labute approximate surface area is 156 Å². The quantitative estimate of drug-likeness (QED) is 0.537. The van der Waals surface area contributed by atoms with E-state index in [9.17, 15) is 0 Å². The Morgan fingerprint density at radius 1 is 1.12 bits per heavy atom. The third-order valence-electron chi connectivity index (χ3n) is 5.26. The first-order valence-corrected chi connectivity index (χ1v) is 10.2. The second-order valence-electron chi connectivity index (χ2n) is 7.16. The predicted molar refractivity (Wildman–Crippen MR) is 108 cm³/mol. The number of rotatable bonds is 4. The molecule has 1 fully saturated rings. The van der Waals surface area contributed by atoms with Gasteiger partial charge in [0.05, 0.1) is 10.2 Å². The monoisotopic (exact) mass is 362 g/mol. The Morgan fingerprint density at radius 2 is 2.04 bits per heavy atom. The van der Waals surface area contributed by atoms with Gasteiger partial charge in [-0.05, 0) is 42.7 Å². The number of benzene rings is 1. The molecule has 4 aromatic rings. The van der Waals surface area contributed by atoms with Gasteiger partial charge in [-0.3, -0.25) is 0 Å². The van der Waals surface area contributed by atoms with Crippen LogP contribution in [-0.2, 0) is 6.42 Å². The van der Waals surface area contributed by atoms with Crippen molar-refractivity contribution < 1.29 is 0 Å². The maximum absolute atomic E-state index is 4.78. The minimum atomic E-state index is 0.599. The third kappa shape index (κ3) is 3.07. The van der Waals surface area contributed by atoms with Crippen LogP contribution >= 0.6 is 11.3 Å². The number of pyridine rings is 1. The molecule has 5 rings (SSSR count). The molecule has 0 spiro atoms. The minimum absolute atomic E-state index is 0.599. The molecule has 0 radical (unpaired) electrons. The molecule has 1 aliphatic carbocycles. The number of imidazole rings is 1. The molecule has 132 valence electrons. The second-order valence-corrected chi connectivity index (χ2v) is 8.19. The molecular weight excluding hydrogens is 340 g/mol. The van der Waals surface area contributed by atoms with E-state index in [1.165, 1.54) is 48.1 Å². The average Bonchev–Trinajstić information content (AvgIpc) is 3.26. The Balaban J connectivity index is 1.39. The number of fused-ring (bicyclic) bond motifs is 2. The van der Waals surface area contributed by atoms with Crippen LogP contribution in [0.1, 0.15) is 43.4 Å². The highest BCUT2D eigenvalue weighted by Crippen LogP contribution is 2.30. The molecule has 0 amide bonds. The summed E-state index contributed by atoms with van der Waals surface area (Å²) in [7, 11) is 0. The maximum Gasteiger partial charge on any atom is 0.184 e. The number of hydrogen-bond donors (Lipinski definition) is 1. The Hall–Kier alpha value is -2.40. The number of aromatic nitrogens is 3. The minimum Gasteiger partial charge on any atom is -0.359 e. The molecular formula is C21H22N4S. The van der Waals surface area contributed by atoms with E-state index in [-0.39, 0.29) is 0 Å². The smallest absolute Gasteiger partial charge is 0.184 e. The summed E-state index contributed by atoms with van der Waals surface area (Å²) in [4.78, 5) is 9.27. The van der Waals surface area contributed by atoms with E-state index >= 15 is 0 Å². The molecule has 5 heteroatoms. The SMILES string of the molecule is c1ccn2c(Cc3ccc4nc(NC5CCCCC5)sc4c3)cnc2c1. The molecule has 1 aromatic carbocycles. The Bertz CT molecular complexity index is 1040. The lowest BCUT2D eigenvalue weighted by molar-refractivity contribution is 0.462. The summed E-state index contributed by atoms with van der Waals surface area (Å²) in [5, 5.41) is 4.72. The first-order chi connectivity index (χ1) is 12.8. The van der Waals surface area contributed by atoms with Crippen LogP contribution in [0.25, 0.3) is 15.9 Å². The zero-order valence-corrected chi connectivity index (χ0v) is 15.5. The van der Waals surface area contributed by atoms with E-state index in [0.29, 0.717) is 6.04 Å². The lowest BCUT2D eigenvalue weighted by Crippen LogP contribution is -2.21. The molecule has 4 nitrogen and oxygen atoms in total. The van der Waals surface area contributed by atoms with Crippen LogP contribution in [0.15, 0.2) is 48.8 Å².